The maximum Gasteiger partial charge on any atom is 0.270 e. The van der Waals surface area contributed by atoms with Gasteiger partial charge in [0.25, 0.3) is 11.6 Å². The highest BCUT2D eigenvalue weighted by Crippen LogP contribution is 2.31. The van der Waals surface area contributed by atoms with Gasteiger partial charge < -0.3 is 4.90 Å². The zero-order chi connectivity index (χ0) is 21.7. The lowest BCUT2D eigenvalue weighted by atomic mass is 10.1. The molecule has 0 N–H and O–H groups in total. The van der Waals surface area contributed by atoms with E-state index >= 15 is 0 Å². The van der Waals surface area contributed by atoms with Crippen LogP contribution < -0.4 is 4.90 Å². The predicted molar refractivity (Wildman–Crippen MR) is 122 cm³/mol. The molecule has 1 heterocycles. The summed E-state index contributed by atoms with van der Waals surface area (Å²) >= 11 is 1.48. The number of carbonyl (C=O) groups excluding carboxylic acids is 1. The number of aryl methyl sites for hydroxylation is 1. The Morgan fingerprint density at radius 1 is 1.10 bits per heavy atom. The number of nitro benzene ring substituents is 1. The van der Waals surface area contributed by atoms with E-state index in [0.717, 1.165) is 29.7 Å². The molecule has 0 radical (unpaired) electrons. The summed E-state index contributed by atoms with van der Waals surface area (Å²) in [7, 11) is 0. The van der Waals surface area contributed by atoms with Gasteiger partial charge in [-0.2, -0.15) is 0 Å². The molecule has 0 spiro atoms. The fourth-order valence-electron chi connectivity index (χ4n) is 3.27. The van der Waals surface area contributed by atoms with Crippen LogP contribution in [-0.4, -0.2) is 46.9 Å². The Morgan fingerprint density at radius 3 is 2.53 bits per heavy atom. The molecule has 1 aromatic heterocycles. The first-order chi connectivity index (χ1) is 14.5. The molecule has 30 heavy (non-hydrogen) atoms. The molecule has 3 aromatic rings. The molecule has 3 rings (SSSR count). The molecule has 7 nitrogen and oxygen atoms in total. The van der Waals surface area contributed by atoms with Gasteiger partial charge in [-0.25, -0.2) is 4.98 Å². The van der Waals surface area contributed by atoms with Crippen LogP contribution in [0.5, 0.6) is 0 Å². The first-order valence-electron chi connectivity index (χ1n) is 10.1. The number of aromatic nitrogens is 1. The number of fused-ring (bicyclic) bond motifs is 1. The Morgan fingerprint density at radius 2 is 1.87 bits per heavy atom. The van der Waals surface area contributed by atoms with Gasteiger partial charge in [-0.15, -0.1) is 0 Å². The fraction of sp³-hybridized carbons (Fsp3) is 0.364. The molecule has 1 amide bonds. The summed E-state index contributed by atoms with van der Waals surface area (Å²) in [6, 6.07) is 12.0. The molecule has 0 aliphatic carbocycles. The number of hydrogen-bond donors (Lipinski definition) is 0. The summed E-state index contributed by atoms with van der Waals surface area (Å²) < 4.78 is 1.03. The first-order valence-corrected chi connectivity index (χ1v) is 11.0. The minimum absolute atomic E-state index is 0.0959. The van der Waals surface area contributed by atoms with Crippen molar-refractivity contribution >= 4 is 38.3 Å². The Labute approximate surface area is 180 Å². The summed E-state index contributed by atoms with van der Waals surface area (Å²) in [5, 5.41) is 11.8. The van der Waals surface area contributed by atoms with Crippen LogP contribution in [0.2, 0.25) is 0 Å². The van der Waals surface area contributed by atoms with Crippen molar-refractivity contribution in [3.05, 3.63) is 63.7 Å². The summed E-state index contributed by atoms with van der Waals surface area (Å²) in [4.78, 5) is 32.6. The number of nitro groups is 1. The Balaban J connectivity index is 1.98. The van der Waals surface area contributed by atoms with E-state index in [1.54, 1.807) is 17.0 Å². The number of benzene rings is 2. The van der Waals surface area contributed by atoms with Crippen LogP contribution in [0.4, 0.5) is 10.8 Å². The quantitative estimate of drug-likeness (QED) is 0.364. The van der Waals surface area contributed by atoms with E-state index < -0.39 is 4.92 Å². The lowest BCUT2D eigenvalue weighted by Gasteiger charge is -2.24. The Hall–Kier alpha value is -2.84. The summed E-state index contributed by atoms with van der Waals surface area (Å²) in [5.74, 6) is -0.277. The van der Waals surface area contributed by atoms with Crippen molar-refractivity contribution in [3.8, 4) is 0 Å². The topological polar surface area (TPSA) is 79.6 Å². The van der Waals surface area contributed by atoms with Gasteiger partial charge in [0.2, 0.25) is 0 Å². The lowest BCUT2D eigenvalue weighted by molar-refractivity contribution is -0.384. The Bertz CT molecular complexity index is 1050. The number of likely N-dealkylation sites (N-methyl/N-ethyl adjacent to an activating group) is 1. The van der Waals surface area contributed by atoms with Gasteiger partial charge in [0.1, 0.15) is 0 Å². The average molecular weight is 427 g/mol. The van der Waals surface area contributed by atoms with E-state index in [9.17, 15) is 14.9 Å². The van der Waals surface area contributed by atoms with Crippen LogP contribution in [-0.2, 0) is 6.42 Å². The van der Waals surface area contributed by atoms with E-state index in [1.807, 2.05) is 6.07 Å². The smallest absolute Gasteiger partial charge is 0.270 e. The Kier molecular flexibility index (Phi) is 7.12. The van der Waals surface area contributed by atoms with Crippen molar-refractivity contribution < 1.29 is 9.72 Å². The van der Waals surface area contributed by atoms with E-state index in [-0.39, 0.29) is 17.2 Å². The second-order valence-electron chi connectivity index (χ2n) is 6.94. The SMILES string of the molecule is CCc1ccc2nc(N(CCN(CC)CC)C(=O)c3cccc([N+](=O)[O-])c3)sc2c1. The van der Waals surface area contributed by atoms with Gasteiger partial charge in [-0.1, -0.05) is 44.2 Å². The van der Waals surface area contributed by atoms with Crippen molar-refractivity contribution in [2.75, 3.05) is 31.1 Å². The minimum Gasteiger partial charge on any atom is -0.302 e. The van der Waals surface area contributed by atoms with Crippen molar-refractivity contribution in [3.63, 3.8) is 0 Å². The number of carbonyl (C=O) groups is 1. The third kappa shape index (κ3) is 4.83. The van der Waals surface area contributed by atoms with Gasteiger partial charge in [0.15, 0.2) is 5.13 Å². The predicted octanol–water partition coefficient (Wildman–Crippen LogP) is 4.76. The van der Waals surface area contributed by atoms with Crippen molar-refractivity contribution in [1.82, 2.24) is 9.88 Å². The normalized spacial score (nSPS) is 11.2. The highest BCUT2D eigenvalue weighted by atomic mass is 32.1. The zero-order valence-corrected chi connectivity index (χ0v) is 18.3. The monoisotopic (exact) mass is 426 g/mol. The summed E-state index contributed by atoms with van der Waals surface area (Å²) in [5.41, 5.74) is 2.27. The third-order valence-electron chi connectivity index (χ3n) is 5.16. The molecule has 0 aliphatic rings. The molecular weight excluding hydrogens is 400 g/mol. The first kappa shape index (κ1) is 21.9. The molecule has 8 heteroatoms. The zero-order valence-electron chi connectivity index (χ0n) is 17.5. The minimum atomic E-state index is -0.485. The van der Waals surface area contributed by atoms with Crippen LogP contribution in [0.15, 0.2) is 42.5 Å². The number of hydrogen-bond acceptors (Lipinski definition) is 6. The summed E-state index contributed by atoms with van der Waals surface area (Å²) in [6.45, 7) is 9.20. The molecule has 0 fully saturated rings. The molecule has 158 valence electrons. The molecule has 0 unspecified atom stereocenters. The van der Waals surface area contributed by atoms with E-state index in [0.29, 0.717) is 18.2 Å². The lowest BCUT2D eigenvalue weighted by Crippen LogP contribution is -2.38. The van der Waals surface area contributed by atoms with Crippen LogP contribution in [0.1, 0.15) is 36.7 Å². The number of thiazole rings is 1. The van der Waals surface area contributed by atoms with Gasteiger partial charge in [-0.3, -0.25) is 19.8 Å². The number of rotatable bonds is 9. The van der Waals surface area contributed by atoms with Crippen LogP contribution in [0, 0.1) is 10.1 Å². The van der Waals surface area contributed by atoms with Crippen LogP contribution in [0.25, 0.3) is 10.2 Å². The third-order valence-corrected chi connectivity index (χ3v) is 6.21. The number of amides is 1. The molecule has 0 atom stereocenters. The second kappa shape index (κ2) is 9.77. The maximum absolute atomic E-state index is 13.4. The molecule has 0 saturated carbocycles. The largest absolute Gasteiger partial charge is 0.302 e. The van der Waals surface area contributed by atoms with Gasteiger partial charge in [-0.05, 0) is 43.3 Å². The molecular formula is C22H26N4O3S. The summed E-state index contributed by atoms with van der Waals surface area (Å²) in [6.07, 6.45) is 0.932. The van der Waals surface area contributed by atoms with E-state index in [4.69, 9.17) is 4.98 Å². The maximum atomic E-state index is 13.4. The molecule has 2 aromatic carbocycles. The van der Waals surface area contributed by atoms with Crippen molar-refractivity contribution in [1.29, 1.82) is 0 Å². The standard InChI is InChI=1S/C22H26N4O3S/c1-4-16-10-11-19-20(14-16)30-22(23-19)25(13-12-24(5-2)6-3)21(27)17-8-7-9-18(15-17)26(28)29/h7-11,14-15H,4-6,12-13H2,1-3H3. The highest BCUT2D eigenvalue weighted by Gasteiger charge is 2.23. The number of non-ortho nitro benzene ring substituents is 1. The van der Waals surface area contributed by atoms with E-state index in [2.05, 4.69) is 37.8 Å². The van der Waals surface area contributed by atoms with Crippen molar-refractivity contribution in [2.45, 2.75) is 27.2 Å². The fourth-order valence-corrected chi connectivity index (χ4v) is 4.32. The number of nitrogens with zero attached hydrogens (tertiary/aromatic N) is 4. The number of anilines is 1. The molecule has 0 aliphatic heterocycles. The van der Waals surface area contributed by atoms with Crippen LogP contribution in [0.3, 0.4) is 0 Å². The van der Waals surface area contributed by atoms with E-state index in [1.165, 1.54) is 29.0 Å². The highest BCUT2D eigenvalue weighted by molar-refractivity contribution is 7.22. The second-order valence-corrected chi connectivity index (χ2v) is 7.95. The van der Waals surface area contributed by atoms with Gasteiger partial charge in [0.05, 0.1) is 15.1 Å². The van der Waals surface area contributed by atoms with Crippen LogP contribution >= 0.6 is 11.3 Å². The van der Waals surface area contributed by atoms with Gasteiger partial charge >= 0.3 is 0 Å². The van der Waals surface area contributed by atoms with Crippen molar-refractivity contribution in [2.24, 2.45) is 0 Å². The average Bonchev–Trinajstić information content (AvgIpc) is 3.19. The van der Waals surface area contributed by atoms with Gasteiger partial charge in [0, 0.05) is 30.8 Å². The molecule has 0 saturated heterocycles. The molecule has 0 bridgehead atoms.